The normalized spacial score (nSPS) is 12.8. The summed E-state index contributed by atoms with van der Waals surface area (Å²) in [5.74, 6) is -0.908. The van der Waals surface area contributed by atoms with Crippen LogP contribution in [0.2, 0.25) is 0 Å². The second-order valence-corrected chi connectivity index (χ2v) is 20.9. The monoisotopic (exact) mass is 1050 g/mol. The number of carbonyl (C=O) groups excluding carboxylic acids is 3. The molecule has 0 aromatic carbocycles. The number of hydrogen-bond donors (Lipinski definition) is 0. The zero-order valence-corrected chi connectivity index (χ0v) is 49.7. The Morgan fingerprint density at radius 1 is 0.276 bits per heavy atom. The largest absolute Gasteiger partial charge is 0.462 e. The second-order valence-electron chi connectivity index (χ2n) is 20.9. The second kappa shape index (κ2) is 63.6. The van der Waals surface area contributed by atoms with Crippen molar-refractivity contribution in [2.24, 2.45) is 0 Å². The Labute approximate surface area is 470 Å². The van der Waals surface area contributed by atoms with Crippen molar-refractivity contribution in [3.8, 4) is 0 Å². The van der Waals surface area contributed by atoms with Crippen molar-refractivity contribution in [1.82, 2.24) is 0 Å². The van der Waals surface area contributed by atoms with E-state index in [2.05, 4.69) is 130 Å². The van der Waals surface area contributed by atoms with E-state index < -0.39 is 6.10 Å². The smallest absolute Gasteiger partial charge is 0.306 e. The Hall–Kier alpha value is -3.93. The first-order chi connectivity index (χ1) is 37.5. The maximum atomic E-state index is 12.9. The molecule has 0 spiro atoms. The van der Waals surface area contributed by atoms with E-state index in [1.165, 1.54) is 128 Å². The predicted molar refractivity (Wildman–Crippen MR) is 330 cm³/mol. The van der Waals surface area contributed by atoms with Gasteiger partial charge < -0.3 is 14.2 Å². The van der Waals surface area contributed by atoms with Crippen LogP contribution in [0.4, 0.5) is 0 Å². The van der Waals surface area contributed by atoms with Crippen LogP contribution in [0.3, 0.4) is 0 Å². The summed E-state index contributed by atoms with van der Waals surface area (Å²) in [5, 5.41) is 0. The molecule has 6 heteroatoms. The summed E-state index contributed by atoms with van der Waals surface area (Å²) in [5.41, 5.74) is 0. The van der Waals surface area contributed by atoms with Gasteiger partial charge in [0.05, 0.1) is 0 Å². The van der Waals surface area contributed by atoms with Crippen molar-refractivity contribution < 1.29 is 28.6 Å². The summed E-state index contributed by atoms with van der Waals surface area (Å²) < 4.78 is 16.9. The molecule has 0 aliphatic carbocycles. The van der Waals surface area contributed by atoms with Crippen molar-refractivity contribution >= 4 is 17.9 Å². The highest BCUT2D eigenvalue weighted by atomic mass is 16.6. The van der Waals surface area contributed by atoms with Gasteiger partial charge >= 0.3 is 17.9 Å². The summed E-state index contributed by atoms with van der Waals surface area (Å²) in [6.45, 7) is 6.41. The molecule has 0 aliphatic rings. The van der Waals surface area contributed by atoms with Gasteiger partial charge in [0.1, 0.15) is 13.2 Å². The van der Waals surface area contributed by atoms with Crippen molar-refractivity contribution in [3.05, 3.63) is 109 Å². The van der Waals surface area contributed by atoms with Crippen LogP contribution in [0.25, 0.3) is 0 Å². The van der Waals surface area contributed by atoms with Gasteiger partial charge in [-0.05, 0) is 122 Å². The third-order valence-electron chi connectivity index (χ3n) is 13.5. The molecule has 0 fully saturated rings. The molecule has 1 atom stereocenters. The fraction of sp³-hybridized carbons (Fsp3) is 0.700. The molecule has 0 saturated heterocycles. The average Bonchev–Trinajstić information content (AvgIpc) is 3.42. The lowest BCUT2D eigenvalue weighted by Gasteiger charge is -2.18. The van der Waals surface area contributed by atoms with Crippen LogP contribution in [0, 0.1) is 0 Å². The first kappa shape index (κ1) is 72.1. The van der Waals surface area contributed by atoms with E-state index in [0.29, 0.717) is 19.3 Å². The van der Waals surface area contributed by atoms with Gasteiger partial charge in [-0.2, -0.15) is 0 Å². The van der Waals surface area contributed by atoms with E-state index in [0.717, 1.165) is 128 Å². The quantitative estimate of drug-likeness (QED) is 0.0261. The van der Waals surface area contributed by atoms with Crippen LogP contribution in [0.1, 0.15) is 297 Å². The molecule has 0 aromatic heterocycles. The Morgan fingerprint density at radius 2 is 0.513 bits per heavy atom. The molecule has 0 saturated carbocycles. The van der Waals surface area contributed by atoms with Crippen LogP contribution < -0.4 is 0 Å². The lowest BCUT2D eigenvalue weighted by molar-refractivity contribution is -0.167. The molecular formula is C70H118O6. The average molecular weight is 1060 g/mol. The van der Waals surface area contributed by atoms with E-state index in [1.807, 2.05) is 0 Å². The Balaban J connectivity index is 4.43. The standard InChI is InChI=1S/C70H118O6/c1-4-7-10-13-16-19-22-25-28-31-34-35-37-39-42-45-48-51-54-57-60-63-69(72)75-66-67(65-74-68(71)62-59-56-53-50-47-44-41-38-33-30-27-24-21-18-15-12-9-6-3)76-70(73)64-61-58-55-52-49-46-43-40-36-32-29-26-23-20-17-14-11-8-5-2/h7-8,10-11,16-17,19-20,25-26,28-30,33-36,40,67H,4-6,9,12-15,18,21-24,27,31-32,37-39,41-66H2,1-3H3/b10-7-,11-8-,19-16-,20-17-,28-25-,29-26-,33-30-,35-34-,40-36-. The van der Waals surface area contributed by atoms with Crippen LogP contribution in [0.5, 0.6) is 0 Å². The summed E-state index contributed by atoms with van der Waals surface area (Å²) in [4.78, 5) is 38.4. The summed E-state index contributed by atoms with van der Waals surface area (Å²) in [6, 6.07) is 0. The number of esters is 3. The van der Waals surface area contributed by atoms with E-state index in [1.54, 1.807) is 0 Å². The molecule has 0 radical (unpaired) electrons. The molecule has 0 rings (SSSR count). The van der Waals surface area contributed by atoms with Crippen LogP contribution in [-0.2, 0) is 28.6 Å². The molecule has 0 amide bonds. The zero-order chi connectivity index (χ0) is 55.0. The van der Waals surface area contributed by atoms with E-state index in [9.17, 15) is 14.4 Å². The predicted octanol–water partition coefficient (Wildman–Crippen LogP) is 21.8. The molecule has 0 aliphatic heterocycles. The van der Waals surface area contributed by atoms with Crippen LogP contribution in [-0.4, -0.2) is 37.2 Å². The van der Waals surface area contributed by atoms with Crippen molar-refractivity contribution in [2.75, 3.05) is 13.2 Å². The molecule has 0 N–H and O–H groups in total. The highest BCUT2D eigenvalue weighted by molar-refractivity contribution is 5.71. The highest BCUT2D eigenvalue weighted by Crippen LogP contribution is 2.15. The topological polar surface area (TPSA) is 78.9 Å². The van der Waals surface area contributed by atoms with Gasteiger partial charge in [-0.1, -0.05) is 265 Å². The third kappa shape index (κ3) is 60.9. The van der Waals surface area contributed by atoms with Crippen molar-refractivity contribution in [2.45, 2.75) is 303 Å². The minimum absolute atomic E-state index is 0.0892. The fourth-order valence-corrected chi connectivity index (χ4v) is 8.77. The highest BCUT2D eigenvalue weighted by Gasteiger charge is 2.19. The van der Waals surface area contributed by atoms with Gasteiger partial charge in [0.15, 0.2) is 6.10 Å². The number of carbonyl (C=O) groups is 3. The minimum Gasteiger partial charge on any atom is -0.462 e. The third-order valence-corrected chi connectivity index (χ3v) is 13.5. The Kier molecular flexibility index (Phi) is 60.3. The zero-order valence-electron chi connectivity index (χ0n) is 49.7. The first-order valence-corrected chi connectivity index (χ1v) is 31.9. The van der Waals surface area contributed by atoms with Gasteiger partial charge in [0, 0.05) is 19.3 Å². The molecule has 1 unspecified atom stereocenters. The molecular weight excluding hydrogens is 937 g/mol. The number of hydrogen-bond acceptors (Lipinski definition) is 6. The number of unbranched alkanes of at least 4 members (excludes halogenated alkanes) is 28. The lowest BCUT2D eigenvalue weighted by Crippen LogP contribution is -2.30. The van der Waals surface area contributed by atoms with Gasteiger partial charge in [0.25, 0.3) is 0 Å². The minimum atomic E-state index is -0.795. The van der Waals surface area contributed by atoms with Crippen molar-refractivity contribution in [3.63, 3.8) is 0 Å². The maximum absolute atomic E-state index is 12.9. The van der Waals surface area contributed by atoms with Gasteiger partial charge in [-0.25, -0.2) is 0 Å². The Morgan fingerprint density at radius 3 is 0.816 bits per heavy atom. The maximum Gasteiger partial charge on any atom is 0.306 e. The molecule has 0 aromatic rings. The fourth-order valence-electron chi connectivity index (χ4n) is 8.77. The molecule has 0 heterocycles. The van der Waals surface area contributed by atoms with E-state index in [-0.39, 0.29) is 31.1 Å². The van der Waals surface area contributed by atoms with E-state index in [4.69, 9.17) is 14.2 Å². The Bertz CT molecular complexity index is 1540. The molecule has 76 heavy (non-hydrogen) atoms. The molecule has 0 bridgehead atoms. The molecule has 6 nitrogen and oxygen atoms in total. The summed E-state index contributed by atoms with van der Waals surface area (Å²) >= 11 is 0. The van der Waals surface area contributed by atoms with Crippen LogP contribution in [0.15, 0.2) is 109 Å². The van der Waals surface area contributed by atoms with Crippen LogP contribution >= 0.6 is 0 Å². The number of rotatable bonds is 57. The van der Waals surface area contributed by atoms with Gasteiger partial charge in [0.2, 0.25) is 0 Å². The first-order valence-electron chi connectivity index (χ1n) is 31.9. The van der Waals surface area contributed by atoms with E-state index >= 15 is 0 Å². The number of ether oxygens (including phenoxy) is 3. The molecule has 434 valence electrons. The van der Waals surface area contributed by atoms with Gasteiger partial charge in [-0.3, -0.25) is 14.4 Å². The summed E-state index contributed by atoms with van der Waals surface area (Å²) in [6.07, 6.45) is 86.5. The van der Waals surface area contributed by atoms with Gasteiger partial charge in [-0.15, -0.1) is 0 Å². The number of allylic oxidation sites excluding steroid dienone is 18. The van der Waals surface area contributed by atoms with Crippen molar-refractivity contribution in [1.29, 1.82) is 0 Å². The summed E-state index contributed by atoms with van der Waals surface area (Å²) in [7, 11) is 0. The lowest BCUT2D eigenvalue weighted by atomic mass is 10.1. The SMILES string of the molecule is CC/C=C\C/C=C\C/C=C\C/C=C\CCCCCCCCCCC(=O)OCC(COC(=O)CCCCCCCCC/C=C\CCCCCCCCC)OC(=O)CCCCCCCC/C=C\C/C=C\C/C=C\C/C=C\CC.